The van der Waals surface area contributed by atoms with Crippen LogP contribution in [-0.4, -0.2) is 61.7 Å². The first-order valence-corrected chi connectivity index (χ1v) is 8.78. The lowest BCUT2D eigenvalue weighted by Gasteiger charge is -2.40. The van der Waals surface area contributed by atoms with Gasteiger partial charge in [-0.15, -0.1) is 0 Å². The van der Waals surface area contributed by atoms with Crippen molar-refractivity contribution in [3.8, 4) is 5.75 Å². The van der Waals surface area contributed by atoms with E-state index in [1.807, 2.05) is 50.1 Å². The molecule has 0 unspecified atom stereocenters. The van der Waals surface area contributed by atoms with Crippen LogP contribution in [0.1, 0.15) is 25.8 Å². The van der Waals surface area contributed by atoms with Crippen molar-refractivity contribution in [2.24, 2.45) is 5.92 Å². The van der Waals surface area contributed by atoms with Crippen molar-refractivity contribution in [1.82, 2.24) is 15.1 Å². The highest BCUT2D eigenvalue weighted by Gasteiger charge is 2.30. The summed E-state index contributed by atoms with van der Waals surface area (Å²) < 4.78 is 5.74. The number of carbonyl (C=O) groups excluding carboxylic acids is 1. The molecule has 0 radical (unpaired) electrons. The third kappa shape index (κ3) is 5.13. The van der Waals surface area contributed by atoms with E-state index in [-0.39, 0.29) is 12.1 Å². The van der Waals surface area contributed by atoms with Gasteiger partial charge in [0.15, 0.2) is 0 Å². The predicted octanol–water partition coefficient (Wildman–Crippen LogP) is 2.74. The maximum absolute atomic E-state index is 12.5. The van der Waals surface area contributed by atoms with Gasteiger partial charge in [0.1, 0.15) is 12.4 Å². The quantitative estimate of drug-likeness (QED) is 0.901. The lowest BCUT2D eigenvalue weighted by Crippen LogP contribution is -2.54. The molecule has 2 rings (SSSR count). The summed E-state index contributed by atoms with van der Waals surface area (Å²) in [6.07, 6.45) is 1.02. The molecule has 1 heterocycles. The maximum Gasteiger partial charge on any atom is 0.317 e. The van der Waals surface area contributed by atoms with Gasteiger partial charge in [-0.3, -0.25) is 0 Å². The molecule has 3 atom stereocenters. The number of benzene rings is 1. The molecule has 0 aromatic heterocycles. The van der Waals surface area contributed by atoms with Gasteiger partial charge in [-0.25, -0.2) is 4.79 Å². The minimum absolute atomic E-state index is 0.0172. The zero-order chi connectivity index (χ0) is 17.7. The number of nitrogens with one attached hydrogen (secondary N) is 1. The van der Waals surface area contributed by atoms with Crippen LogP contribution in [-0.2, 0) is 0 Å². The largest absolute Gasteiger partial charge is 0.491 e. The van der Waals surface area contributed by atoms with Crippen molar-refractivity contribution < 1.29 is 9.53 Å². The van der Waals surface area contributed by atoms with E-state index < -0.39 is 0 Å². The summed E-state index contributed by atoms with van der Waals surface area (Å²) in [5, 5.41) is 3.04. The van der Waals surface area contributed by atoms with Crippen molar-refractivity contribution in [1.29, 1.82) is 0 Å². The fraction of sp³-hybridized carbons (Fsp3) is 0.632. The van der Waals surface area contributed by atoms with Crippen LogP contribution in [0.5, 0.6) is 5.75 Å². The fourth-order valence-electron chi connectivity index (χ4n) is 3.28. The van der Waals surface area contributed by atoms with Gasteiger partial charge in [0, 0.05) is 19.6 Å². The van der Waals surface area contributed by atoms with E-state index in [9.17, 15) is 4.79 Å². The third-order valence-corrected chi connectivity index (χ3v) is 4.77. The molecule has 1 aromatic rings. The number of amides is 2. The Balaban J connectivity index is 1.79. The summed E-state index contributed by atoms with van der Waals surface area (Å²) in [5.74, 6) is 1.32. The number of likely N-dealkylation sites (tertiary alicyclic amines) is 1. The van der Waals surface area contributed by atoms with Crippen LogP contribution in [0.2, 0.25) is 0 Å². The molecule has 5 heteroatoms. The number of aryl methyl sites for hydroxylation is 1. The van der Waals surface area contributed by atoms with Crippen molar-refractivity contribution >= 4 is 6.03 Å². The van der Waals surface area contributed by atoms with Gasteiger partial charge in [0.05, 0.1) is 6.04 Å². The van der Waals surface area contributed by atoms with Crippen LogP contribution in [0.25, 0.3) is 0 Å². The minimum atomic E-state index is -0.0391. The Morgan fingerprint density at radius 2 is 2.08 bits per heavy atom. The molecule has 0 aliphatic carbocycles. The second-order valence-electron chi connectivity index (χ2n) is 7.18. The average Bonchev–Trinajstić information content (AvgIpc) is 2.53. The van der Waals surface area contributed by atoms with Crippen LogP contribution >= 0.6 is 0 Å². The van der Waals surface area contributed by atoms with Crippen molar-refractivity contribution in [3.05, 3.63) is 29.8 Å². The average molecular weight is 333 g/mol. The smallest absolute Gasteiger partial charge is 0.317 e. The van der Waals surface area contributed by atoms with Crippen LogP contribution in [0.15, 0.2) is 24.3 Å². The number of rotatable bonds is 5. The highest BCUT2D eigenvalue weighted by atomic mass is 16.5. The Labute approximate surface area is 146 Å². The molecule has 2 amide bonds. The fourth-order valence-corrected chi connectivity index (χ4v) is 3.28. The second kappa shape index (κ2) is 8.38. The molecule has 0 saturated carbocycles. The van der Waals surface area contributed by atoms with Crippen LogP contribution in [0, 0.1) is 12.8 Å². The normalized spacial score (nSPS) is 22.7. The molecule has 1 fully saturated rings. The second-order valence-corrected chi connectivity index (χ2v) is 7.18. The third-order valence-electron chi connectivity index (χ3n) is 4.77. The predicted molar refractivity (Wildman–Crippen MR) is 97.5 cm³/mol. The zero-order valence-corrected chi connectivity index (χ0v) is 15.6. The summed E-state index contributed by atoms with van der Waals surface area (Å²) in [4.78, 5) is 16.7. The van der Waals surface area contributed by atoms with E-state index in [2.05, 4.69) is 24.2 Å². The van der Waals surface area contributed by atoms with E-state index in [1.54, 1.807) is 0 Å². The summed E-state index contributed by atoms with van der Waals surface area (Å²) in [6, 6.07) is 8.19. The Morgan fingerprint density at radius 3 is 2.71 bits per heavy atom. The number of hydrogen-bond donors (Lipinski definition) is 1. The monoisotopic (exact) mass is 333 g/mol. The summed E-state index contributed by atoms with van der Waals surface area (Å²) >= 11 is 0. The SMILES string of the molecule is Cc1ccc(OC[C@H](C)NC(=O)N(C)[C@@H]2CCN(C)C[C@H]2C)cc1. The first kappa shape index (κ1) is 18.6. The summed E-state index contributed by atoms with van der Waals surface area (Å²) in [7, 11) is 4.03. The molecule has 24 heavy (non-hydrogen) atoms. The first-order chi connectivity index (χ1) is 11.4. The lowest BCUT2D eigenvalue weighted by atomic mass is 9.93. The first-order valence-electron chi connectivity index (χ1n) is 8.78. The lowest BCUT2D eigenvalue weighted by molar-refractivity contribution is 0.105. The van der Waals surface area contributed by atoms with Gasteiger partial charge in [-0.05, 0) is 51.9 Å². The Bertz CT molecular complexity index is 532. The van der Waals surface area contributed by atoms with Gasteiger partial charge in [-0.2, -0.15) is 0 Å². The molecule has 0 spiro atoms. The Kier molecular flexibility index (Phi) is 6.49. The molecule has 1 aliphatic heterocycles. The van der Waals surface area contributed by atoms with Crippen molar-refractivity contribution in [2.45, 2.75) is 39.3 Å². The summed E-state index contributed by atoms with van der Waals surface area (Å²) in [5.41, 5.74) is 1.21. The highest BCUT2D eigenvalue weighted by Crippen LogP contribution is 2.20. The Morgan fingerprint density at radius 1 is 1.42 bits per heavy atom. The van der Waals surface area contributed by atoms with Gasteiger partial charge in [-0.1, -0.05) is 24.6 Å². The molecule has 134 valence electrons. The number of ether oxygens (including phenoxy) is 1. The number of hydrogen-bond acceptors (Lipinski definition) is 3. The Hall–Kier alpha value is -1.75. The summed E-state index contributed by atoms with van der Waals surface area (Å²) in [6.45, 7) is 8.78. The zero-order valence-electron chi connectivity index (χ0n) is 15.6. The van der Waals surface area contributed by atoms with Gasteiger partial charge < -0.3 is 19.9 Å². The van der Waals surface area contributed by atoms with Gasteiger partial charge in [0.25, 0.3) is 0 Å². The molecule has 1 N–H and O–H groups in total. The van der Waals surface area contributed by atoms with E-state index in [1.165, 1.54) is 5.56 Å². The number of piperidine rings is 1. The number of carbonyl (C=O) groups is 1. The maximum atomic E-state index is 12.5. The van der Waals surface area contributed by atoms with Crippen LogP contribution < -0.4 is 10.1 Å². The van der Waals surface area contributed by atoms with E-state index >= 15 is 0 Å². The van der Waals surface area contributed by atoms with E-state index in [0.29, 0.717) is 18.6 Å². The molecular weight excluding hydrogens is 302 g/mol. The molecule has 1 saturated heterocycles. The molecule has 0 bridgehead atoms. The van der Waals surface area contributed by atoms with Crippen LogP contribution in [0.4, 0.5) is 4.79 Å². The topological polar surface area (TPSA) is 44.8 Å². The van der Waals surface area contributed by atoms with E-state index in [4.69, 9.17) is 4.74 Å². The highest BCUT2D eigenvalue weighted by molar-refractivity contribution is 5.74. The van der Waals surface area contributed by atoms with E-state index in [0.717, 1.165) is 25.3 Å². The number of nitrogens with zero attached hydrogens (tertiary/aromatic N) is 2. The van der Waals surface area contributed by atoms with Crippen molar-refractivity contribution in [2.75, 3.05) is 33.8 Å². The van der Waals surface area contributed by atoms with Gasteiger partial charge in [0.2, 0.25) is 0 Å². The van der Waals surface area contributed by atoms with Crippen molar-refractivity contribution in [3.63, 3.8) is 0 Å². The molecular formula is C19H31N3O2. The molecule has 1 aliphatic rings. The molecule has 1 aromatic carbocycles. The standard InChI is InChI=1S/C19H31N3O2/c1-14-6-8-17(9-7-14)24-13-16(3)20-19(23)22(5)18-10-11-21(4)12-15(18)2/h6-9,15-16,18H,10-13H2,1-5H3,(H,20,23)/t15-,16+,18-/m1/s1. The number of urea groups is 1. The molecule has 5 nitrogen and oxygen atoms in total. The van der Waals surface area contributed by atoms with Gasteiger partial charge >= 0.3 is 6.03 Å². The van der Waals surface area contributed by atoms with Crippen LogP contribution in [0.3, 0.4) is 0 Å². The minimum Gasteiger partial charge on any atom is -0.491 e.